The van der Waals surface area contributed by atoms with Crippen LogP contribution in [0.15, 0.2) is 60.7 Å². The van der Waals surface area contributed by atoms with Gasteiger partial charge in [-0.2, -0.15) is 0 Å². The summed E-state index contributed by atoms with van der Waals surface area (Å²) in [5, 5.41) is 2.74. The highest BCUT2D eigenvalue weighted by molar-refractivity contribution is 5.96. The van der Waals surface area contributed by atoms with Crippen LogP contribution in [0.2, 0.25) is 0 Å². The molecule has 0 bridgehead atoms. The molecule has 0 unspecified atom stereocenters. The lowest BCUT2D eigenvalue weighted by molar-refractivity contribution is -0.131. The van der Waals surface area contributed by atoms with Crippen LogP contribution in [0.25, 0.3) is 6.08 Å². The smallest absolute Gasteiger partial charge is 0.251 e. The highest BCUT2D eigenvalue weighted by atomic mass is 16.5. The van der Waals surface area contributed by atoms with Crippen LogP contribution in [0.1, 0.15) is 35.7 Å². The summed E-state index contributed by atoms with van der Waals surface area (Å²) in [6.07, 6.45) is 6.36. The van der Waals surface area contributed by atoms with Crippen LogP contribution in [-0.4, -0.2) is 67.5 Å². The Balaban J connectivity index is 1.35. The molecule has 0 aliphatic carbocycles. The SMILES string of the molecule is CCCCOc1ccc(C(=O)NCC(=O)N2CCN(CC=Cc3ccccc3)CC2)cc1. The Hall–Kier alpha value is -3.12. The lowest BCUT2D eigenvalue weighted by Gasteiger charge is -2.34. The van der Waals surface area contributed by atoms with Crippen molar-refractivity contribution in [1.82, 2.24) is 15.1 Å². The first-order valence-corrected chi connectivity index (χ1v) is 11.4. The maximum absolute atomic E-state index is 12.5. The number of nitrogens with zero attached hydrogens (tertiary/aromatic N) is 2. The van der Waals surface area contributed by atoms with E-state index < -0.39 is 0 Å². The van der Waals surface area contributed by atoms with E-state index in [1.165, 1.54) is 5.56 Å². The van der Waals surface area contributed by atoms with Gasteiger partial charge in [0.15, 0.2) is 0 Å². The van der Waals surface area contributed by atoms with Gasteiger partial charge in [-0.1, -0.05) is 55.8 Å². The van der Waals surface area contributed by atoms with E-state index in [9.17, 15) is 9.59 Å². The summed E-state index contributed by atoms with van der Waals surface area (Å²) in [5.74, 6) is 0.461. The third-order valence-corrected chi connectivity index (χ3v) is 5.48. The summed E-state index contributed by atoms with van der Waals surface area (Å²) >= 11 is 0. The topological polar surface area (TPSA) is 61.9 Å². The maximum atomic E-state index is 12.5. The molecule has 1 N–H and O–H groups in total. The quantitative estimate of drug-likeness (QED) is 0.581. The highest BCUT2D eigenvalue weighted by Gasteiger charge is 2.20. The lowest BCUT2D eigenvalue weighted by atomic mass is 10.2. The molecule has 2 amide bonds. The van der Waals surface area contributed by atoms with Crippen molar-refractivity contribution in [3.05, 3.63) is 71.8 Å². The molecule has 170 valence electrons. The Kier molecular flexibility index (Phi) is 9.32. The Morgan fingerprint density at radius 1 is 1.00 bits per heavy atom. The number of amides is 2. The van der Waals surface area contributed by atoms with Crippen molar-refractivity contribution in [3.63, 3.8) is 0 Å². The fourth-order valence-corrected chi connectivity index (χ4v) is 3.49. The molecule has 2 aromatic carbocycles. The van der Waals surface area contributed by atoms with E-state index in [-0.39, 0.29) is 18.4 Å². The highest BCUT2D eigenvalue weighted by Crippen LogP contribution is 2.13. The van der Waals surface area contributed by atoms with Gasteiger partial charge < -0.3 is 15.0 Å². The minimum absolute atomic E-state index is 0.0154. The second-order valence-corrected chi connectivity index (χ2v) is 7.90. The van der Waals surface area contributed by atoms with E-state index in [1.807, 2.05) is 23.1 Å². The van der Waals surface area contributed by atoms with E-state index in [0.29, 0.717) is 25.3 Å². The van der Waals surface area contributed by atoms with Gasteiger partial charge in [0.25, 0.3) is 5.91 Å². The fourth-order valence-electron chi connectivity index (χ4n) is 3.49. The van der Waals surface area contributed by atoms with E-state index in [4.69, 9.17) is 4.74 Å². The van der Waals surface area contributed by atoms with Gasteiger partial charge in [-0.25, -0.2) is 0 Å². The molecule has 1 heterocycles. The average molecular weight is 436 g/mol. The molecule has 0 saturated carbocycles. The number of rotatable bonds is 10. The molecule has 1 fully saturated rings. The van der Waals surface area contributed by atoms with Gasteiger partial charge in [0.2, 0.25) is 5.91 Å². The Labute approximate surface area is 190 Å². The van der Waals surface area contributed by atoms with Gasteiger partial charge in [0.1, 0.15) is 5.75 Å². The average Bonchev–Trinajstić information content (AvgIpc) is 2.84. The predicted molar refractivity (Wildman–Crippen MR) is 128 cm³/mol. The van der Waals surface area contributed by atoms with Crippen LogP contribution in [0.5, 0.6) is 5.75 Å². The predicted octanol–water partition coefficient (Wildman–Crippen LogP) is 3.45. The molecule has 1 aliphatic rings. The third kappa shape index (κ3) is 7.54. The monoisotopic (exact) mass is 435 g/mol. The molecule has 6 nitrogen and oxygen atoms in total. The molecule has 0 atom stereocenters. The molecule has 32 heavy (non-hydrogen) atoms. The van der Waals surface area contributed by atoms with Gasteiger partial charge in [0.05, 0.1) is 13.2 Å². The zero-order valence-corrected chi connectivity index (χ0v) is 18.8. The maximum Gasteiger partial charge on any atom is 0.251 e. The second-order valence-electron chi connectivity index (χ2n) is 7.90. The number of carbonyl (C=O) groups is 2. The molecule has 1 aliphatic heterocycles. The molecule has 0 aromatic heterocycles. The first-order chi connectivity index (χ1) is 15.7. The minimum atomic E-state index is -0.247. The van der Waals surface area contributed by atoms with Crippen molar-refractivity contribution < 1.29 is 14.3 Å². The number of ether oxygens (including phenoxy) is 1. The number of hydrogen-bond donors (Lipinski definition) is 1. The normalized spacial score (nSPS) is 14.5. The van der Waals surface area contributed by atoms with Crippen LogP contribution in [-0.2, 0) is 4.79 Å². The minimum Gasteiger partial charge on any atom is -0.494 e. The molecule has 3 rings (SSSR count). The summed E-state index contributed by atoms with van der Waals surface area (Å²) in [7, 11) is 0. The summed E-state index contributed by atoms with van der Waals surface area (Å²) in [6, 6.07) is 17.3. The second kappa shape index (κ2) is 12.7. The van der Waals surface area contributed by atoms with Gasteiger partial charge in [-0.15, -0.1) is 0 Å². The molecular formula is C26H33N3O3. The lowest BCUT2D eigenvalue weighted by Crippen LogP contribution is -2.51. The molecule has 0 spiro atoms. The first kappa shape index (κ1) is 23.5. The van der Waals surface area contributed by atoms with Crippen molar-refractivity contribution in [1.29, 1.82) is 0 Å². The summed E-state index contributed by atoms with van der Waals surface area (Å²) < 4.78 is 5.61. The fraction of sp³-hybridized carbons (Fsp3) is 0.385. The number of carbonyl (C=O) groups excluding carboxylic acids is 2. The first-order valence-electron chi connectivity index (χ1n) is 11.4. The van der Waals surface area contributed by atoms with Crippen molar-refractivity contribution in [3.8, 4) is 5.75 Å². The number of hydrogen-bond acceptors (Lipinski definition) is 4. The largest absolute Gasteiger partial charge is 0.494 e. The molecule has 2 aromatic rings. The molecule has 0 radical (unpaired) electrons. The van der Waals surface area contributed by atoms with Gasteiger partial charge in [-0.3, -0.25) is 14.5 Å². The Bertz CT molecular complexity index is 873. The van der Waals surface area contributed by atoms with Gasteiger partial charge in [0, 0.05) is 38.3 Å². The zero-order valence-electron chi connectivity index (χ0n) is 18.8. The van der Waals surface area contributed by atoms with E-state index in [0.717, 1.165) is 38.2 Å². The van der Waals surface area contributed by atoms with Crippen LogP contribution in [0, 0.1) is 0 Å². The van der Waals surface area contributed by atoms with Crippen LogP contribution in [0.4, 0.5) is 0 Å². The molecule has 1 saturated heterocycles. The van der Waals surface area contributed by atoms with Crippen LogP contribution < -0.4 is 10.1 Å². The van der Waals surface area contributed by atoms with Crippen molar-refractivity contribution in [2.75, 3.05) is 45.9 Å². The van der Waals surface area contributed by atoms with E-state index in [1.54, 1.807) is 24.3 Å². The van der Waals surface area contributed by atoms with Crippen molar-refractivity contribution in [2.24, 2.45) is 0 Å². The van der Waals surface area contributed by atoms with Gasteiger partial charge >= 0.3 is 0 Å². The number of piperazine rings is 1. The third-order valence-electron chi connectivity index (χ3n) is 5.48. The van der Waals surface area contributed by atoms with Crippen LogP contribution in [0.3, 0.4) is 0 Å². The van der Waals surface area contributed by atoms with Crippen molar-refractivity contribution in [2.45, 2.75) is 19.8 Å². The summed E-state index contributed by atoms with van der Waals surface area (Å²) in [4.78, 5) is 29.0. The van der Waals surface area contributed by atoms with Gasteiger partial charge in [-0.05, 0) is 36.2 Å². The van der Waals surface area contributed by atoms with Crippen molar-refractivity contribution >= 4 is 17.9 Å². The molecule has 6 heteroatoms. The number of unbranched alkanes of at least 4 members (excludes halogenated alkanes) is 1. The van der Waals surface area contributed by atoms with Crippen LogP contribution >= 0.6 is 0 Å². The Morgan fingerprint density at radius 3 is 2.41 bits per heavy atom. The number of nitrogens with one attached hydrogen (secondary N) is 1. The summed E-state index contributed by atoms with van der Waals surface area (Å²) in [5.41, 5.74) is 1.71. The Morgan fingerprint density at radius 2 is 1.72 bits per heavy atom. The summed E-state index contributed by atoms with van der Waals surface area (Å²) in [6.45, 7) is 6.69. The van der Waals surface area contributed by atoms with E-state index >= 15 is 0 Å². The van der Waals surface area contributed by atoms with E-state index in [2.05, 4.69) is 41.4 Å². The molecular weight excluding hydrogens is 402 g/mol. The zero-order chi connectivity index (χ0) is 22.6. The standard InChI is InChI=1S/C26H33N3O3/c1-2-3-20-32-24-13-11-23(12-14-24)26(31)27-21-25(30)29-18-16-28(17-19-29)15-7-10-22-8-5-4-6-9-22/h4-14H,2-3,15-21H2,1H3,(H,27,31). The number of benzene rings is 2.